The van der Waals surface area contributed by atoms with Crippen LogP contribution >= 0.6 is 11.6 Å². The third kappa shape index (κ3) is 4.83. The molecule has 1 saturated heterocycles. The summed E-state index contributed by atoms with van der Waals surface area (Å²) in [6, 6.07) is 9.91. The summed E-state index contributed by atoms with van der Waals surface area (Å²) in [5.41, 5.74) is 1.23. The van der Waals surface area contributed by atoms with Crippen molar-refractivity contribution in [1.82, 2.24) is 9.97 Å². The second-order valence-corrected chi connectivity index (χ2v) is 6.39. The van der Waals surface area contributed by atoms with E-state index in [0.29, 0.717) is 0 Å². The Morgan fingerprint density at radius 2 is 1.91 bits per heavy atom. The molecule has 1 aliphatic rings. The number of nitrogens with zero attached hydrogens (tertiary/aromatic N) is 3. The van der Waals surface area contributed by atoms with Gasteiger partial charge in [-0.15, -0.1) is 0 Å². The van der Waals surface area contributed by atoms with Crippen LogP contribution in [-0.4, -0.2) is 29.6 Å². The predicted octanol–water partition coefficient (Wildman–Crippen LogP) is 4.17. The standard InChI is InChI=1S/C18H23ClN4/c19-16-7-5-6-15(14-16)8-10-20-17-9-11-21-18(22-17)23-12-3-1-2-4-13-23/h5-7,9,11,14H,1-4,8,10,12-13H2,(H,20,21,22). The monoisotopic (exact) mass is 330 g/mol. The summed E-state index contributed by atoms with van der Waals surface area (Å²) in [7, 11) is 0. The molecule has 0 aliphatic carbocycles. The highest BCUT2D eigenvalue weighted by Gasteiger charge is 2.12. The van der Waals surface area contributed by atoms with Crippen molar-refractivity contribution in [3.8, 4) is 0 Å². The van der Waals surface area contributed by atoms with Crippen LogP contribution in [0.5, 0.6) is 0 Å². The fourth-order valence-electron chi connectivity index (χ4n) is 2.90. The zero-order valence-electron chi connectivity index (χ0n) is 13.3. The molecule has 1 aliphatic heterocycles. The van der Waals surface area contributed by atoms with Crippen molar-refractivity contribution in [2.24, 2.45) is 0 Å². The lowest BCUT2D eigenvalue weighted by Gasteiger charge is -2.20. The average Bonchev–Trinajstić information content (AvgIpc) is 2.85. The maximum absolute atomic E-state index is 6.01. The van der Waals surface area contributed by atoms with Crippen molar-refractivity contribution in [2.45, 2.75) is 32.1 Å². The van der Waals surface area contributed by atoms with Gasteiger partial charge in [0.2, 0.25) is 5.95 Å². The van der Waals surface area contributed by atoms with Crippen LogP contribution in [-0.2, 0) is 6.42 Å². The number of nitrogens with one attached hydrogen (secondary N) is 1. The lowest BCUT2D eigenvalue weighted by Crippen LogP contribution is -2.26. The molecule has 1 N–H and O–H groups in total. The van der Waals surface area contributed by atoms with Gasteiger partial charge in [0.15, 0.2) is 0 Å². The minimum Gasteiger partial charge on any atom is -0.370 e. The number of hydrogen-bond acceptors (Lipinski definition) is 4. The summed E-state index contributed by atoms with van der Waals surface area (Å²) in [5, 5.41) is 4.17. The molecule has 4 nitrogen and oxygen atoms in total. The Hall–Kier alpha value is -1.81. The summed E-state index contributed by atoms with van der Waals surface area (Å²) in [6.07, 6.45) is 7.85. The largest absolute Gasteiger partial charge is 0.370 e. The first-order valence-corrected chi connectivity index (χ1v) is 8.75. The topological polar surface area (TPSA) is 41.1 Å². The molecular formula is C18H23ClN4. The van der Waals surface area contributed by atoms with Crippen molar-refractivity contribution in [3.05, 3.63) is 47.1 Å². The molecule has 0 saturated carbocycles. The SMILES string of the molecule is Clc1cccc(CCNc2ccnc(N3CCCCCC3)n2)c1. The maximum Gasteiger partial charge on any atom is 0.227 e. The van der Waals surface area contributed by atoms with E-state index in [4.69, 9.17) is 11.6 Å². The highest BCUT2D eigenvalue weighted by Crippen LogP contribution is 2.17. The molecule has 5 heteroatoms. The van der Waals surface area contributed by atoms with Gasteiger partial charge in [0.25, 0.3) is 0 Å². The summed E-state index contributed by atoms with van der Waals surface area (Å²) in [4.78, 5) is 11.4. The Bertz CT molecular complexity index is 624. The van der Waals surface area contributed by atoms with Gasteiger partial charge in [-0.05, 0) is 43.0 Å². The molecule has 2 heterocycles. The van der Waals surface area contributed by atoms with Gasteiger partial charge in [0.05, 0.1) is 0 Å². The minimum atomic E-state index is 0.785. The molecule has 0 unspecified atom stereocenters. The Balaban J connectivity index is 1.56. The molecule has 0 radical (unpaired) electrons. The van der Waals surface area contributed by atoms with Gasteiger partial charge < -0.3 is 10.2 Å². The summed E-state index contributed by atoms with van der Waals surface area (Å²) >= 11 is 6.01. The van der Waals surface area contributed by atoms with Crippen LogP contribution < -0.4 is 10.2 Å². The first-order chi connectivity index (χ1) is 11.3. The van der Waals surface area contributed by atoms with Crippen molar-refractivity contribution in [1.29, 1.82) is 0 Å². The van der Waals surface area contributed by atoms with Crippen LogP contribution in [0.3, 0.4) is 0 Å². The highest BCUT2D eigenvalue weighted by atomic mass is 35.5. The molecule has 122 valence electrons. The van der Waals surface area contributed by atoms with E-state index in [1.807, 2.05) is 30.5 Å². The first-order valence-electron chi connectivity index (χ1n) is 8.37. The number of anilines is 2. The van der Waals surface area contributed by atoms with E-state index in [2.05, 4.69) is 26.3 Å². The van der Waals surface area contributed by atoms with Gasteiger partial charge in [-0.3, -0.25) is 0 Å². The van der Waals surface area contributed by atoms with Crippen LogP contribution in [0.2, 0.25) is 5.02 Å². The second kappa shape index (κ2) is 8.16. The molecule has 1 fully saturated rings. The number of hydrogen-bond donors (Lipinski definition) is 1. The normalized spacial score (nSPS) is 15.3. The molecular weight excluding hydrogens is 308 g/mol. The van der Waals surface area contributed by atoms with E-state index in [-0.39, 0.29) is 0 Å². The summed E-state index contributed by atoms with van der Waals surface area (Å²) in [5.74, 6) is 1.74. The zero-order valence-corrected chi connectivity index (χ0v) is 14.1. The number of aromatic nitrogens is 2. The molecule has 0 spiro atoms. The average molecular weight is 331 g/mol. The van der Waals surface area contributed by atoms with E-state index < -0.39 is 0 Å². The van der Waals surface area contributed by atoms with Crippen molar-refractivity contribution >= 4 is 23.4 Å². The van der Waals surface area contributed by atoms with E-state index in [9.17, 15) is 0 Å². The van der Waals surface area contributed by atoms with Crippen LogP contribution in [0, 0.1) is 0 Å². The van der Waals surface area contributed by atoms with E-state index in [1.165, 1.54) is 31.2 Å². The van der Waals surface area contributed by atoms with Gasteiger partial charge in [-0.1, -0.05) is 36.6 Å². The van der Waals surface area contributed by atoms with Gasteiger partial charge in [-0.2, -0.15) is 4.98 Å². The Morgan fingerprint density at radius 3 is 2.70 bits per heavy atom. The Labute approximate surface area is 142 Å². The predicted molar refractivity (Wildman–Crippen MR) is 96.4 cm³/mol. The third-order valence-electron chi connectivity index (χ3n) is 4.14. The van der Waals surface area contributed by atoms with Crippen molar-refractivity contribution in [3.63, 3.8) is 0 Å². The van der Waals surface area contributed by atoms with Gasteiger partial charge in [-0.25, -0.2) is 4.98 Å². The first kappa shape index (κ1) is 16.1. The fraction of sp³-hybridized carbons (Fsp3) is 0.444. The molecule has 0 bridgehead atoms. The van der Waals surface area contributed by atoms with E-state index in [0.717, 1.165) is 42.8 Å². The highest BCUT2D eigenvalue weighted by molar-refractivity contribution is 6.30. The van der Waals surface area contributed by atoms with Crippen LogP contribution in [0.1, 0.15) is 31.2 Å². The number of benzene rings is 1. The van der Waals surface area contributed by atoms with Crippen LogP contribution in [0.25, 0.3) is 0 Å². The molecule has 0 atom stereocenters. The lowest BCUT2D eigenvalue weighted by atomic mass is 10.1. The number of halogens is 1. The molecule has 1 aromatic heterocycles. The fourth-order valence-corrected chi connectivity index (χ4v) is 3.11. The Kier molecular flexibility index (Phi) is 5.70. The third-order valence-corrected chi connectivity index (χ3v) is 4.38. The van der Waals surface area contributed by atoms with Gasteiger partial charge in [0.1, 0.15) is 5.82 Å². The molecule has 23 heavy (non-hydrogen) atoms. The number of rotatable bonds is 5. The molecule has 0 amide bonds. The van der Waals surface area contributed by atoms with Crippen LogP contribution in [0.15, 0.2) is 36.5 Å². The minimum absolute atomic E-state index is 0.785. The molecule has 1 aromatic carbocycles. The van der Waals surface area contributed by atoms with E-state index in [1.54, 1.807) is 0 Å². The lowest BCUT2D eigenvalue weighted by molar-refractivity contribution is 0.726. The maximum atomic E-state index is 6.01. The smallest absolute Gasteiger partial charge is 0.227 e. The Morgan fingerprint density at radius 1 is 1.09 bits per heavy atom. The zero-order chi connectivity index (χ0) is 15.9. The second-order valence-electron chi connectivity index (χ2n) is 5.95. The van der Waals surface area contributed by atoms with Gasteiger partial charge in [0, 0.05) is 30.9 Å². The van der Waals surface area contributed by atoms with Crippen LogP contribution in [0.4, 0.5) is 11.8 Å². The molecule has 3 rings (SSSR count). The molecule has 2 aromatic rings. The van der Waals surface area contributed by atoms with Crippen molar-refractivity contribution < 1.29 is 0 Å². The van der Waals surface area contributed by atoms with E-state index >= 15 is 0 Å². The summed E-state index contributed by atoms with van der Waals surface area (Å²) in [6.45, 7) is 2.95. The van der Waals surface area contributed by atoms with Crippen molar-refractivity contribution in [2.75, 3.05) is 29.9 Å². The summed E-state index contributed by atoms with van der Waals surface area (Å²) < 4.78 is 0. The van der Waals surface area contributed by atoms with Gasteiger partial charge >= 0.3 is 0 Å². The quantitative estimate of drug-likeness (QED) is 0.893.